The standard InChI is InChI=1S/C28H30O11/c1-26(32-3)27(2,33-4)38-20-19(37-26)15-28(16-34-23(29)17-11-7-5-8-12-17)22(36-25(31)39-28)21(20)35-24(30)18-13-9-6-10-14-18/h5-14,19-22H,15-16H2,1-4H3/t19-,20+,21-,22+,26+,27+,28+/m1/s1. The molecule has 2 saturated heterocycles. The predicted molar refractivity (Wildman–Crippen MR) is 132 cm³/mol. The highest BCUT2D eigenvalue weighted by molar-refractivity contribution is 5.90. The topological polar surface area (TPSA) is 125 Å². The van der Waals surface area contributed by atoms with Crippen LogP contribution in [0, 0.1) is 0 Å². The van der Waals surface area contributed by atoms with Crippen LogP contribution in [0.1, 0.15) is 41.0 Å². The fourth-order valence-corrected chi connectivity index (χ4v) is 5.22. The van der Waals surface area contributed by atoms with Crippen LogP contribution in [0.5, 0.6) is 0 Å². The molecule has 0 spiro atoms. The Kier molecular flexibility index (Phi) is 7.10. The molecule has 3 aliphatic rings. The number of hydrogen-bond donors (Lipinski definition) is 0. The van der Waals surface area contributed by atoms with Gasteiger partial charge in [0.15, 0.2) is 17.8 Å². The van der Waals surface area contributed by atoms with Gasteiger partial charge in [-0.3, -0.25) is 0 Å². The van der Waals surface area contributed by atoms with Crippen molar-refractivity contribution in [2.24, 2.45) is 0 Å². The van der Waals surface area contributed by atoms with Crippen molar-refractivity contribution in [2.45, 2.75) is 61.9 Å². The Morgan fingerprint density at radius 3 is 2.03 bits per heavy atom. The molecule has 3 fully saturated rings. The Balaban J connectivity index is 1.50. The minimum absolute atomic E-state index is 0.00568. The summed E-state index contributed by atoms with van der Waals surface area (Å²) in [6.45, 7) is 2.89. The predicted octanol–water partition coefficient (Wildman–Crippen LogP) is 3.26. The van der Waals surface area contributed by atoms with Gasteiger partial charge in [-0.1, -0.05) is 36.4 Å². The Morgan fingerprint density at radius 2 is 1.44 bits per heavy atom. The van der Waals surface area contributed by atoms with Gasteiger partial charge >= 0.3 is 18.1 Å². The summed E-state index contributed by atoms with van der Waals surface area (Å²) in [6, 6.07) is 16.7. The second kappa shape index (κ2) is 10.2. The number of benzene rings is 2. The fourth-order valence-electron chi connectivity index (χ4n) is 5.22. The second-order valence-corrected chi connectivity index (χ2v) is 9.88. The van der Waals surface area contributed by atoms with Crippen molar-refractivity contribution in [3.63, 3.8) is 0 Å². The van der Waals surface area contributed by atoms with Gasteiger partial charge in [-0.2, -0.15) is 0 Å². The molecule has 1 saturated carbocycles. The van der Waals surface area contributed by atoms with Gasteiger partial charge in [0.1, 0.15) is 12.7 Å². The SMILES string of the molecule is CO[C@@]1(C)O[C@@H]2[C@@H](OC(=O)c3ccccc3)[C@@H]3OC(=O)O[C@]3(COC(=O)c3ccccc3)C[C@H]2O[C@]1(C)OC. The van der Waals surface area contributed by atoms with Crippen LogP contribution < -0.4 is 0 Å². The summed E-state index contributed by atoms with van der Waals surface area (Å²) in [5.41, 5.74) is -0.946. The van der Waals surface area contributed by atoms with Crippen LogP contribution in [0.3, 0.4) is 0 Å². The summed E-state index contributed by atoms with van der Waals surface area (Å²) in [6.07, 6.45) is -5.20. The number of hydrogen-bond acceptors (Lipinski definition) is 11. The number of fused-ring (bicyclic) bond motifs is 2. The average molecular weight is 543 g/mol. The van der Waals surface area contributed by atoms with Gasteiger partial charge in [0.05, 0.1) is 17.2 Å². The molecule has 11 nitrogen and oxygen atoms in total. The first kappa shape index (κ1) is 27.1. The Bertz CT molecular complexity index is 1220. The van der Waals surface area contributed by atoms with Gasteiger partial charge in [0.25, 0.3) is 0 Å². The van der Waals surface area contributed by atoms with Crippen LogP contribution in [0.4, 0.5) is 4.79 Å². The van der Waals surface area contributed by atoms with Gasteiger partial charge in [0, 0.05) is 20.6 Å². The van der Waals surface area contributed by atoms with E-state index in [1.165, 1.54) is 14.2 Å². The van der Waals surface area contributed by atoms with E-state index in [1.807, 2.05) is 0 Å². The summed E-state index contributed by atoms with van der Waals surface area (Å²) in [5, 5.41) is 0. The molecule has 208 valence electrons. The number of ether oxygens (including phenoxy) is 8. The van der Waals surface area contributed by atoms with Gasteiger partial charge < -0.3 is 37.9 Å². The average Bonchev–Trinajstić information content (AvgIpc) is 3.29. The van der Waals surface area contributed by atoms with Crippen LogP contribution >= 0.6 is 0 Å². The summed E-state index contributed by atoms with van der Waals surface area (Å²) >= 11 is 0. The molecule has 0 radical (unpaired) electrons. The normalized spacial score (nSPS) is 35.1. The number of carbonyl (C=O) groups excluding carboxylic acids is 3. The van der Waals surface area contributed by atoms with Crippen LogP contribution in [0.2, 0.25) is 0 Å². The van der Waals surface area contributed by atoms with Gasteiger partial charge in [-0.25, -0.2) is 14.4 Å². The Labute approximate surface area is 225 Å². The zero-order valence-electron chi connectivity index (χ0n) is 22.0. The van der Waals surface area contributed by atoms with E-state index in [0.29, 0.717) is 5.56 Å². The van der Waals surface area contributed by atoms with Crippen LogP contribution in [-0.4, -0.2) is 80.5 Å². The van der Waals surface area contributed by atoms with Crippen molar-refractivity contribution in [2.75, 3.05) is 20.8 Å². The molecule has 11 heteroatoms. The maximum atomic E-state index is 13.2. The number of esters is 2. The van der Waals surface area contributed by atoms with Gasteiger partial charge in [-0.15, -0.1) is 0 Å². The van der Waals surface area contributed by atoms with E-state index in [9.17, 15) is 14.4 Å². The molecule has 2 heterocycles. The van der Waals surface area contributed by atoms with Gasteiger partial charge in [0.2, 0.25) is 11.6 Å². The minimum atomic E-state index is -1.54. The highest BCUT2D eigenvalue weighted by Gasteiger charge is 2.70. The van der Waals surface area contributed by atoms with E-state index < -0.39 is 59.7 Å². The lowest BCUT2D eigenvalue weighted by atomic mass is 9.76. The summed E-state index contributed by atoms with van der Waals surface area (Å²) in [5.74, 6) is -4.12. The van der Waals surface area contributed by atoms with E-state index in [4.69, 9.17) is 37.9 Å². The van der Waals surface area contributed by atoms with Crippen LogP contribution in [-0.2, 0) is 37.9 Å². The van der Waals surface area contributed by atoms with E-state index in [1.54, 1.807) is 74.5 Å². The van der Waals surface area contributed by atoms with Crippen LogP contribution in [0.25, 0.3) is 0 Å². The smallest absolute Gasteiger partial charge is 0.458 e. The van der Waals surface area contributed by atoms with Crippen molar-refractivity contribution in [1.29, 1.82) is 0 Å². The highest BCUT2D eigenvalue weighted by atomic mass is 16.8. The first-order valence-electron chi connectivity index (χ1n) is 12.5. The third-order valence-corrected chi connectivity index (χ3v) is 7.61. The van der Waals surface area contributed by atoms with Crippen molar-refractivity contribution in [3.8, 4) is 0 Å². The van der Waals surface area contributed by atoms with Crippen molar-refractivity contribution < 1.29 is 52.3 Å². The van der Waals surface area contributed by atoms with Crippen LogP contribution in [0.15, 0.2) is 60.7 Å². The number of carbonyl (C=O) groups is 3. The zero-order chi connectivity index (χ0) is 27.8. The van der Waals surface area contributed by atoms with E-state index in [2.05, 4.69) is 0 Å². The molecular formula is C28H30O11. The third-order valence-electron chi connectivity index (χ3n) is 7.61. The monoisotopic (exact) mass is 542 g/mol. The molecule has 39 heavy (non-hydrogen) atoms. The van der Waals surface area contributed by atoms with Crippen molar-refractivity contribution in [1.82, 2.24) is 0 Å². The molecule has 0 amide bonds. The molecular weight excluding hydrogens is 512 g/mol. The quantitative estimate of drug-likeness (QED) is 0.378. The van der Waals surface area contributed by atoms with E-state index >= 15 is 0 Å². The summed E-state index contributed by atoms with van der Waals surface area (Å²) < 4.78 is 46.7. The molecule has 0 bridgehead atoms. The molecule has 7 atom stereocenters. The molecule has 0 unspecified atom stereocenters. The number of rotatable bonds is 7. The highest BCUT2D eigenvalue weighted by Crippen LogP contribution is 2.50. The summed E-state index contributed by atoms with van der Waals surface area (Å²) in [7, 11) is 2.87. The first-order chi connectivity index (χ1) is 18.6. The molecule has 1 aliphatic carbocycles. The van der Waals surface area contributed by atoms with E-state index in [0.717, 1.165) is 0 Å². The lowest BCUT2D eigenvalue weighted by molar-refractivity contribution is -0.462. The third kappa shape index (κ3) is 4.76. The Morgan fingerprint density at radius 1 is 0.872 bits per heavy atom. The van der Waals surface area contributed by atoms with Crippen molar-refractivity contribution >= 4 is 18.1 Å². The number of methoxy groups -OCH3 is 2. The maximum absolute atomic E-state index is 13.2. The molecule has 2 aliphatic heterocycles. The molecule has 5 rings (SSSR count). The largest absolute Gasteiger partial charge is 0.509 e. The zero-order valence-corrected chi connectivity index (χ0v) is 22.0. The lowest BCUT2D eigenvalue weighted by Crippen LogP contribution is -2.73. The lowest BCUT2D eigenvalue weighted by Gasteiger charge is -2.56. The second-order valence-electron chi connectivity index (χ2n) is 9.88. The van der Waals surface area contributed by atoms with Crippen molar-refractivity contribution in [3.05, 3.63) is 71.8 Å². The first-order valence-corrected chi connectivity index (χ1v) is 12.5. The van der Waals surface area contributed by atoms with Gasteiger partial charge in [-0.05, 0) is 38.1 Å². The van der Waals surface area contributed by atoms with E-state index in [-0.39, 0.29) is 18.6 Å². The molecule has 0 aromatic heterocycles. The Hall–Kier alpha value is -3.51. The minimum Gasteiger partial charge on any atom is -0.458 e. The molecule has 2 aromatic carbocycles. The summed E-state index contributed by atoms with van der Waals surface area (Å²) in [4.78, 5) is 38.5. The fraction of sp³-hybridized carbons (Fsp3) is 0.464. The maximum Gasteiger partial charge on any atom is 0.509 e. The molecule has 2 aromatic rings. The molecule has 0 N–H and O–H groups in total.